The van der Waals surface area contributed by atoms with Crippen LogP contribution < -0.4 is 10.9 Å². The van der Waals surface area contributed by atoms with Crippen molar-refractivity contribution >= 4 is 16.7 Å². The number of aromatic amines is 1. The highest BCUT2D eigenvalue weighted by Crippen LogP contribution is 2.17. The summed E-state index contributed by atoms with van der Waals surface area (Å²) >= 11 is 0. The van der Waals surface area contributed by atoms with Crippen LogP contribution in [-0.4, -0.2) is 37.0 Å². The molecule has 2 N–H and O–H groups in total. The number of rotatable bonds is 5. The molecular weight excluding hydrogens is 344 g/mol. The summed E-state index contributed by atoms with van der Waals surface area (Å²) in [7, 11) is 1.91. The predicted molar refractivity (Wildman–Crippen MR) is 101 cm³/mol. The highest BCUT2D eigenvalue weighted by Gasteiger charge is 2.12. The minimum atomic E-state index is -0.281. The van der Waals surface area contributed by atoms with E-state index in [9.17, 15) is 9.59 Å². The van der Waals surface area contributed by atoms with Crippen LogP contribution >= 0.6 is 0 Å². The minimum absolute atomic E-state index is 0.171. The molecule has 4 rings (SSSR count). The fourth-order valence-electron chi connectivity index (χ4n) is 2.95. The lowest BCUT2D eigenvalue weighted by Gasteiger charge is -2.07. The van der Waals surface area contributed by atoms with Crippen LogP contribution in [0.25, 0.3) is 22.2 Å². The van der Waals surface area contributed by atoms with E-state index >= 15 is 0 Å². The van der Waals surface area contributed by atoms with Gasteiger partial charge in [-0.15, -0.1) is 0 Å². The van der Waals surface area contributed by atoms with Crippen molar-refractivity contribution in [2.24, 2.45) is 7.05 Å². The Balaban J connectivity index is 1.42. The number of nitrogens with zero attached hydrogens (tertiary/aromatic N) is 4. The van der Waals surface area contributed by atoms with Crippen molar-refractivity contribution < 1.29 is 4.79 Å². The van der Waals surface area contributed by atoms with Gasteiger partial charge in [-0.05, 0) is 24.3 Å². The lowest BCUT2D eigenvalue weighted by molar-refractivity contribution is 0.0946. The first-order valence-electron chi connectivity index (χ1n) is 8.53. The van der Waals surface area contributed by atoms with Gasteiger partial charge in [0.2, 0.25) is 0 Å². The Hall–Kier alpha value is -3.68. The largest absolute Gasteiger partial charge is 0.349 e. The quantitative estimate of drug-likeness (QED) is 0.563. The van der Waals surface area contributed by atoms with Gasteiger partial charge in [0, 0.05) is 25.2 Å². The molecule has 1 aromatic carbocycles. The third-order valence-electron chi connectivity index (χ3n) is 4.40. The Morgan fingerprint density at radius 2 is 2.07 bits per heavy atom. The highest BCUT2D eigenvalue weighted by atomic mass is 16.2. The molecule has 0 unspecified atom stereocenters. The van der Waals surface area contributed by atoms with Gasteiger partial charge in [-0.3, -0.25) is 14.7 Å². The summed E-state index contributed by atoms with van der Waals surface area (Å²) in [6, 6.07) is 12.8. The molecule has 3 aromatic heterocycles. The number of carbonyl (C=O) groups excluding carboxylic acids is 1. The summed E-state index contributed by atoms with van der Waals surface area (Å²) in [5.41, 5.74) is 1.80. The van der Waals surface area contributed by atoms with E-state index in [0.29, 0.717) is 16.8 Å². The SMILES string of the molecule is Cn1cccc1-c1cc(C(=O)NCCn2ncc3ccccc3c2=O)[nH]n1. The maximum absolute atomic E-state index is 12.4. The third-order valence-corrected chi connectivity index (χ3v) is 4.40. The molecule has 0 radical (unpaired) electrons. The number of H-pyrrole nitrogens is 1. The van der Waals surface area contributed by atoms with Crippen LogP contribution in [0.1, 0.15) is 10.5 Å². The van der Waals surface area contributed by atoms with Crippen molar-refractivity contribution in [2.45, 2.75) is 6.54 Å². The van der Waals surface area contributed by atoms with Gasteiger partial charge in [0.1, 0.15) is 11.4 Å². The Morgan fingerprint density at radius 3 is 2.89 bits per heavy atom. The molecule has 136 valence electrons. The molecule has 0 aliphatic carbocycles. The summed E-state index contributed by atoms with van der Waals surface area (Å²) in [6.07, 6.45) is 3.57. The summed E-state index contributed by atoms with van der Waals surface area (Å²) in [5.74, 6) is -0.281. The van der Waals surface area contributed by atoms with Crippen LogP contribution in [0.2, 0.25) is 0 Å². The minimum Gasteiger partial charge on any atom is -0.349 e. The number of nitrogens with one attached hydrogen (secondary N) is 2. The lowest BCUT2D eigenvalue weighted by atomic mass is 10.2. The second-order valence-corrected chi connectivity index (χ2v) is 6.19. The Kier molecular flexibility index (Phi) is 4.29. The van der Waals surface area contributed by atoms with Crippen molar-refractivity contribution in [1.82, 2.24) is 29.9 Å². The van der Waals surface area contributed by atoms with Gasteiger partial charge in [-0.2, -0.15) is 10.2 Å². The van der Waals surface area contributed by atoms with Gasteiger partial charge >= 0.3 is 0 Å². The van der Waals surface area contributed by atoms with Gasteiger partial charge < -0.3 is 9.88 Å². The number of aryl methyl sites for hydroxylation is 1. The lowest BCUT2D eigenvalue weighted by Crippen LogP contribution is -2.32. The highest BCUT2D eigenvalue weighted by molar-refractivity contribution is 5.93. The topological polar surface area (TPSA) is 97.6 Å². The zero-order chi connectivity index (χ0) is 18.8. The first kappa shape index (κ1) is 16.8. The van der Waals surface area contributed by atoms with Gasteiger partial charge in [0.15, 0.2) is 0 Å². The average Bonchev–Trinajstić information content (AvgIpc) is 3.32. The van der Waals surface area contributed by atoms with E-state index in [1.807, 2.05) is 48.1 Å². The van der Waals surface area contributed by atoms with Crippen LogP contribution in [0.4, 0.5) is 0 Å². The molecule has 0 bridgehead atoms. The first-order valence-corrected chi connectivity index (χ1v) is 8.53. The molecule has 0 atom stereocenters. The molecule has 0 saturated carbocycles. The van der Waals surface area contributed by atoms with E-state index in [1.54, 1.807) is 18.3 Å². The van der Waals surface area contributed by atoms with E-state index in [1.165, 1.54) is 4.68 Å². The summed E-state index contributed by atoms with van der Waals surface area (Å²) < 4.78 is 3.28. The fourth-order valence-corrected chi connectivity index (χ4v) is 2.95. The summed E-state index contributed by atoms with van der Waals surface area (Å²) in [6.45, 7) is 0.566. The number of fused-ring (bicyclic) bond motifs is 1. The van der Waals surface area contributed by atoms with Crippen LogP contribution in [0, 0.1) is 0 Å². The zero-order valence-corrected chi connectivity index (χ0v) is 14.7. The first-order chi connectivity index (χ1) is 13.1. The molecule has 0 saturated heterocycles. The predicted octanol–water partition coefficient (Wildman–Crippen LogP) is 1.56. The number of carbonyl (C=O) groups is 1. The molecule has 0 spiro atoms. The average molecular weight is 362 g/mol. The number of hydrogen-bond donors (Lipinski definition) is 2. The van der Waals surface area contributed by atoms with E-state index in [-0.39, 0.29) is 24.6 Å². The van der Waals surface area contributed by atoms with Crippen molar-refractivity contribution in [3.8, 4) is 11.4 Å². The monoisotopic (exact) mass is 362 g/mol. The molecule has 8 heteroatoms. The van der Waals surface area contributed by atoms with Crippen molar-refractivity contribution in [3.63, 3.8) is 0 Å². The maximum Gasteiger partial charge on any atom is 0.274 e. The number of amides is 1. The van der Waals surface area contributed by atoms with Gasteiger partial charge in [0.05, 0.1) is 23.8 Å². The molecule has 4 aromatic rings. The molecule has 27 heavy (non-hydrogen) atoms. The van der Waals surface area contributed by atoms with Gasteiger partial charge in [-0.1, -0.05) is 18.2 Å². The van der Waals surface area contributed by atoms with Crippen molar-refractivity contribution in [1.29, 1.82) is 0 Å². The van der Waals surface area contributed by atoms with E-state index in [0.717, 1.165) is 11.1 Å². The smallest absolute Gasteiger partial charge is 0.274 e. The summed E-state index contributed by atoms with van der Waals surface area (Å²) in [5, 5.41) is 15.3. The second-order valence-electron chi connectivity index (χ2n) is 6.19. The zero-order valence-electron chi connectivity index (χ0n) is 14.7. The third kappa shape index (κ3) is 3.24. The normalized spacial score (nSPS) is 11.0. The molecule has 8 nitrogen and oxygen atoms in total. The van der Waals surface area contributed by atoms with Crippen LogP contribution in [0.3, 0.4) is 0 Å². The summed E-state index contributed by atoms with van der Waals surface area (Å²) in [4.78, 5) is 24.7. The molecule has 3 heterocycles. The Morgan fingerprint density at radius 1 is 1.22 bits per heavy atom. The number of aromatic nitrogens is 5. The molecule has 0 fully saturated rings. The molecular formula is C19H18N6O2. The van der Waals surface area contributed by atoms with E-state index in [2.05, 4.69) is 20.6 Å². The maximum atomic E-state index is 12.4. The van der Waals surface area contributed by atoms with Crippen LogP contribution in [-0.2, 0) is 13.6 Å². The van der Waals surface area contributed by atoms with E-state index in [4.69, 9.17) is 0 Å². The number of hydrogen-bond acceptors (Lipinski definition) is 4. The van der Waals surface area contributed by atoms with Crippen molar-refractivity contribution in [3.05, 3.63) is 70.9 Å². The Bertz CT molecular complexity index is 1170. The molecule has 1 amide bonds. The Labute approximate surface area is 154 Å². The van der Waals surface area contributed by atoms with Crippen LogP contribution in [0.15, 0.2) is 59.7 Å². The molecule has 0 aliphatic rings. The molecule has 0 aliphatic heterocycles. The fraction of sp³-hybridized carbons (Fsp3) is 0.158. The van der Waals surface area contributed by atoms with E-state index < -0.39 is 0 Å². The second kappa shape index (κ2) is 6.91. The number of benzene rings is 1. The van der Waals surface area contributed by atoms with Crippen LogP contribution in [0.5, 0.6) is 0 Å². The standard InChI is InChI=1S/C19H18N6O2/c1-24-9-4-7-17(24)15-11-16(23-22-15)18(26)20-8-10-25-19(27)14-6-3-2-5-13(14)12-21-25/h2-7,9,11-12H,8,10H2,1H3,(H,20,26)(H,22,23). The van der Waals surface area contributed by atoms with Gasteiger partial charge in [-0.25, -0.2) is 4.68 Å². The van der Waals surface area contributed by atoms with Crippen molar-refractivity contribution in [2.75, 3.05) is 6.54 Å². The van der Waals surface area contributed by atoms with Gasteiger partial charge in [0.25, 0.3) is 11.5 Å².